The monoisotopic (exact) mass is 477 g/mol. The largest absolute Gasteiger partial charge is 0.464 e. The van der Waals surface area contributed by atoms with Crippen LogP contribution in [-0.2, 0) is 19.1 Å². The normalized spacial score (nSPS) is 37.8. The van der Waals surface area contributed by atoms with Crippen molar-refractivity contribution in [1.29, 1.82) is 0 Å². The van der Waals surface area contributed by atoms with Crippen LogP contribution in [0.1, 0.15) is 40.0 Å². The molecule has 5 nitrogen and oxygen atoms in total. The Balaban J connectivity index is 1.86. The van der Waals surface area contributed by atoms with E-state index in [0.29, 0.717) is 19.4 Å². The number of hydrogen-bond donors (Lipinski definition) is 0. The maximum absolute atomic E-state index is 13.1. The predicted octanol–water partition coefficient (Wildman–Crippen LogP) is 3.13. The van der Waals surface area contributed by atoms with E-state index in [1.807, 2.05) is 20.8 Å². The Bertz CT molecular complexity index is 549. The van der Waals surface area contributed by atoms with E-state index >= 15 is 0 Å². The van der Waals surface area contributed by atoms with Gasteiger partial charge in [0, 0.05) is 9.65 Å². The predicted molar refractivity (Wildman–Crippen MR) is 100 cm³/mol. The molecule has 140 valence electrons. The minimum absolute atomic E-state index is 0.159. The first-order valence-corrected chi connectivity index (χ1v) is 10.9. The fourth-order valence-corrected chi connectivity index (χ4v) is 6.60. The third-order valence-electron chi connectivity index (χ3n) is 5.75. The number of amides is 2. The van der Waals surface area contributed by atoms with E-state index in [1.165, 1.54) is 4.90 Å². The Morgan fingerprint density at radius 1 is 1.16 bits per heavy atom. The highest BCUT2D eigenvalue weighted by molar-refractivity contribution is 9.12. The maximum atomic E-state index is 13.1. The number of carbonyl (C=O) groups excluding carboxylic acids is 3. The fourth-order valence-electron chi connectivity index (χ4n) is 4.73. The van der Waals surface area contributed by atoms with E-state index in [0.717, 1.165) is 6.42 Å². The molecule has 3 fully saturated rings. The molecule has 2 amide bonds. The van der Waals surface area contributed by atoms with Gasteiger partial charge in [-0.15, -0.1) is 0 Å². The molecule has 7 heteroatoms. The van der Waals surface area contributed by atoms with Gasteiger partial charge in [0.15, 0.2) is 0 Å². The number of esters is 1. The number of hydrogen-bond acceptors (Lipinski definition) is 4. The van der Waals surface area contributed by atoms with Gasteiger partial charge in [0.1, 0.15) is 6.04 Å². The molecule has 1 heterocycles. The number of carbonyl (C=O) groups is 3. The summed E-state index contributed by atoms with van der Waals surface area (Å²) in [4.78, 5) is 40.4. The molecule has 2 saturated carbocycles. The molecular formula is C18H25Br2NO4. The van der Waals surface area contributed by atoms with E-state index in [4.69, 9.17) is 4.74 Å². The molecule has 3 rings (SSSR count). The van der Waals surface area contributed by atoms with Crippen molar-refractivity contribution in [3.05, 3.63) is 0 Å². The van der Waals surface area contributed by atoms with E-state index < -0.39 is 12.0 Å². The fraction of sp³-hybridized carbons (Fsp3) is 0.833. The topological polar surface area (TPSA) is 63.7 Å². The van der Waals surface area contributed by atoms with Crippen LogP contribution >= 0.6 is 31.9 Å². The Morgan fingerprint density at radius 2 is 1.68 bits per heavy atom. The molecule has 7 atom stereocenters. The van der Waals surface area contributed by atoms with Crippen LogP contribution in [0.5, 0.6) is 0 Å². The zero-order valence-corrected chi connectivity index (χ0v) is 18.0. The third kappa shape index (κ3) is 3.09. The second kappa shape index (κ2) is 7.29. The number of imide groups is 1. The van der Waals surface area contributed by atoms with Gasteiger partial charge >= 0.3 is 5.97 Å². The molecule has 2 aliphatic carbocycles. The molecular weight excluding hydrogens is 454 g/mol. The van der Waals surface area contributed by atoms with Gasteiger partial charge in [-0.1, -0.05) is 52.6 Å². The Labute approximate surface area is 165 Å². The second-order valence-corrected chi connectivity index (χ2v) is 9.98. The van der Waals surface area contributed by atoms with Crippen molar-refractivity contribution < 1.29 is 19.1 Å². The van der Waals surface area contributed by atoms with E-state index in [9.17, 15) is 14.4 Å². The molecule has 0 N–H and O–H groups in total. The number of fused-ring (bicyclic) bond motifs is 5. The van der Waals surface area contributed by atoms with Gasteiger partial charge < -0.3 is 4.74 Å². The lowest BCUT2D eigenvalue weighted by Crippen LogP contribution is -2.47. The molecule has 3 aliphatic rings. The average molecular weight is 479 g/mol. The first-order valence-electron chi connectivity index (χ1n) is 9.11. The molecule has 1 saturated heterocycles. The zero-order chi connectivity index (χ0) is 18.5. The van der Waals surface area contributed by atoms with Gasteiger partial charge in [0.05, 0.1) is 18.4 Å². The number of rotatable bonds is 6. The summed E-state index contributed by atoms with van der Waals surface area (Å²) in [6.45, 7) is 6.21. The summed E-state index contributed by atoms with van der Waals surface area (Å²) in [6.07, 6.45) is 2.06. The minimum Gasteiger partial charge on any atom is -0.464 e. The van der Waals surface area contributed by atoms with Crippen molar-refractivity contribution in [1.82, 2.24) is 4.90 Å². The smallest absolute Gasteiger partial charge is 0.329 e. The molecule has 0 aromatic carbocycles. The molecule has 1 aliphatic heterocycles. The van der Waals surface area contributed by atoms with Crippen molar-refractivity contribution in [2.45, 2.75) is 55.7 Å². The summed E-state index contributed by atoms with van der Waals surface area (Å²) in [7, 11) is 0. The Morgan fingerprint density at radius 3 is 2.12 bits per heavy atom. The van der Waals surface area contributed by atoms with Gasteiger partial charge in [0.2, 0.25) is 11.8 Å². The van der Waals surface area contributed by atoms with Crippen LogP contribution in [0, 0.1) is 29.6 Å². The summed E-state index contributed by atoms with van der Waals surface area (Å²) in [6, 6.07) is -0.792. The van der Waals surface area contributed by atoms with E-state index in [-0.39, 0.29) is 51.1 Å². The van der Waals surface area contributed by atoms with Crippen LogP contribution in [0.4, 0.5) is 0 Å². The lowest BCUT2D eigenvalue weighted by molar-refractivity contribution is -0.160. The SMILES string of the molecule is CCCOC(=O)[C@H](CC(C)C)N1C(=O)[C@@H]2[C@@H]3C[C@H]([C@H](Br)[C@@H]3Br)[C@@H]2C1=O. The van der Waals surface area contributed by atoms with Gasteiger partial charge in [-0.2, -0.15) is 0 Å². The lowest BCUT2D eigenvalue weighted by atomic mass is 9.81. The molecule has 0 spiro atoms. The highest BCUT2D eigenvalue weighted by Gasteiger charge is 2.67. The number of likely N-dealkylation sites (tertiary alicyclic amines) is 1. The van der Waals surface area contributed by atoms with Gasteiger partial charge in [0.25, 0.3) is 0 Å². The molecule has 0 unspecified atom stereocenters. The molecule has 2 bridgehead atoms. The van der Waals surface area contributed by atoms with Gasteiger partial charge in [-0.05, 0) is 37.0 Å². The van der Waals surface area contributed by atoms with Crippen LogP contribution in [0.15, 0.2) is 0 Å². The lowest BCUT2D eigenvalue weighted by Gasteiger charge is -2.28. The van der Waals surface area contributed by atoms with Crippen molar-refractivity contribution in [3.8, 4) is 0 Å². The zero-order valence-electron chi connectivity index (χ0n) is 14.8. The second-order valence-electron chi connectivity index (χ2n) is 7.86. The third-order valence-corrected chi connectivity index (χ3v) is 8.95. The average Bonchev–Trinajstić information content (AvgIpc) is 3.15. The van der Waals surface area contributed by atoms with Crippen LogP contribution in [-0.4, -0.2) is 45.0 Å². The van der Waals surface area contributed by atoms with E-state index in [1.54, 1.807) is 0 Å². The summed E-state index contributed by atoms with van der Waals surface area (Å²) in [5.41, 5.74) is 0. The first kappa shape index (κ1) is 19.3. The van der Waals surface area contributed by atoms with Crippen LogP contribution in [0.3, 0.4) is 0 Å². The molecule has 0 aromatic heterocycles. The summed E-state index contributed by atoms with van der Waals surface area (Å²) in [5, 5.41) is 0. The standard InChI is InChI=1S/C18H25Br2NO4/c1-4-5-25-18(24)11(6-8(2)3)21-16(22)12-9-7-10(13(12)17(21)23)15(20)14(9)19/h8-15H,4-7H2,1-3H3/t9-,10-,11-,12-,13+,14-,15+/m0/s1. The molecule has 0 aromatic rings. The van der Waals surface area contributed by atoms with Crippen molar-refractivity contribution >= 4 is 49.6 Å². The van der Waals surface area contributed by atoms with Gasteiger partial charge in [-0.3, -0.25) is 14.5 Å². The maximum Gasteiger partial charge on any atom is 0.329 e. The van der Waals surface area contributed by atoms with Crippen molar-refractivity contribution in [2.24, 2.45) is 29.6 Å². The summed E-state index contributed by atoms with van der Waals surface area (Å²) in [5.74, 6) is -0.871. The minimum atomic E-state index is -0.792. The van der Waals surface area contributed by atoms with E-state index in [2.05, 4.69) is 31.9 Å². The quantitative estimate of drug-likeness (QED) is 0.334. The number of nitrogens with zero attached hydrogens (tertiary/aromatic N) is 1. The van der Waals surface area contributed by atoms with Crippen LogP contribution in [0.2, 0.25) is 0 Å². The first-order chi connectivity index (χ1) is 11.8. The highest BCUT2D eigenvalue weighted by Crippen LogP contribution is 2.60. The van der Waals surface area contributed by atoms with Crippen LogP contribution < -0.4 is 0 Å². The van der Waals surface area contributed by atoms with Gasteiger partial charge in [-0.25, -0.2) is 4.79 Å². The highest BCUT2D eigenvalue weighted by atomic mass is 79.9. The Kier molecular flexibility index (Phi) is 5.64. The summed E-state index contributed by atoms with van der Waals surface area (Å²) >= 11 is 7.37. The number of ether oxygens (including phenoxy) is 1. The van der Waals surface area contributed by atoms with Crippen LogP contribution in [0.25, 0.3) is 0 Å². The van der Waals surface area contributed by atoms with Crippen molar-refractivity contribution in [3.63, 3.8) is 0 Å². The Hall–Kier alpha value is -0.430. The molecule has 0 radical (unpaired) electrons. The number of alkyl halides is 2. The molecule has 25 heavy (non-hydrogen) atoms. The number of halogens is 2. The van der Waals surface area contributed by atoms with Crippen molar-refractivity contribution in [2.75, 3.05) is 6.61 Å². The summed E-state index contributed by atoms with van der Waals surface area (Å²) < 4.78 is 5.29.